The average molecular weight is 254 g/mol. The summed E-state index contributed by atoms with van der Waals surface area (Å²) in [6, 6.07) is 0. The molecule has 1 aliphatic heterocycles. The van der Waals surface area contributed by atoms with Gasteiger partial charge in [-0.1, -0.05) is 12.8 Å². The van der Waals surface area contributed by atoms with Crippen molar-refractivity contribution in [1.82, 2.24) is 4.90 Å². The predicted molar refractivity (Wildman–Crippen MR) is 71.1 cm³/mol. The zero-order valence-corrected chi connectivity index (χ0v) is 11.5. The monoisotopic (exact) mass is 254 g/mol. The van der Waals surface area contributed by atoms with Crippen molar-refractivity contribution in [2.75, 3.05) is 33.4 Å². The number of ether oxygens (including phenoxy) is 1. The molecule has 1 atom stereocenters. The number of nitrogens with two attached hydrogens (primary N) is 1. The van der Waals surface area contributed by atoms with Crippen LogP contribution in [-0.4, -0.2) is 44.2 Å². The van der Waals surface area contributed by atoms with Gasteiger partial charge in [0.05, 0.1) is 12.0 Å². The van der Waals surface area contributed by atoms with Crippen LogP contribution in [0.1, 0.15) is 38.5 Å². The summed E-state index contributed by atoms with van der Waals surface area (Å²) >= 11 is 0. The molecule has 2 rings (SSSR count). The Kier molecular flexibility index (Phi) is 4.62. The quantitative estimate of drug-likeness (QED) is 0.825. The number of carbonyl (C=O) groups excluding carboxylic acids is 1. The standard InChI is InChI=1S/C14H26N2O2/c1-16(9-12-5-4-8-18-10-12)13(17)14(11-15)6-2-3-7-14/h12H,2-11,15H2,1H3. The summed E-state index contributed by atoms with van der Waals surface area (Å²) in [6.07, 6.45) is 6.51. The van der Waals surface area contributed by atoms with E-state index in [9.17, 15) is 4.79 Å². The summed E-state index contributed by atoms with van der Waals surface area (Å²) in [4.78, 5) is 14.5. The van der Waals surface area contributed by atoms with E-state index in [0.29, 0.717) is 12.5 Å². The fourth-order valence-corrected chi connectivity index (χ4v) is 3.38. The third-order valence-electron chi connectivity index (χ3n) is 4.54. The Morgan fingerprint density at radius 3 is 2.67 bits per heavy atom. The summed E-state index contributed by atoms with van der Waals surface area (Å²) < 4.78 is 5.48. The van der Waals surface area contributed by atoms with E-state index in [1.807, 2.05) is 11.9 Å². The van der Waals surface area contributed by atoms with Crippen molar-refractivity contribution in [2.24, 2.45) is 17.1 Å². The van der Waals surface area contributed by atoms with E-state index < -0.39 is 0 Å². The molecule has 0 aromatic heterocycles. The van der Waals surface area contributed by atoms with Crippen LogP contribution in [0.4, 0.5) is 0 Å². The van der Waals surface area contributed by atoms with Crippen LogP contribution in [0.15, 0.2) is 0 Å². The highest BCUT2D eigenvalue weighted by molar-refractivity contribution is 5.83. The zero-order valence-electron chi connectivity index (χ0n) is 11.5. The second-order valence-electron chi connectivity index (χ2n) is 5.96. The number of carbonyl (C=O) groups is 1. The largest absolute Gasteiger partial charge is 0.381 e. The second-order valence-corrected chi connectivity index (χ2v) is 5.96. The Labute approximate surface area is 110 Å². The molecule has 0 aromatic rings. The summed E-state index contributed by atoms with van der Waals surface area (Å²) in [5.41, 5.74) is 5.61. The molecular weight excluding hydrogens is 228 g/mol. The SMILES string of the molecule is CN(CC1CCCOC1)C(=O)C1(CN)CCCC1. The van der Waals surface area contributed by atoms with Gasteiger partial charge >= 0.3 is 0 Å². The maximum atomic E-state index is 12.6. The fourth-order valence-electron chi connectivity index (χ4n) is 3.38. The molecule has 0 radical (unpaired) electrons. The van der Waals surface area contributed by atoms with Gasteiger partial charge < -0.3 is 15.4 Å². The van der Waals surface area contributed by atoms with Crippen LogP contribution in [0.25, 0.3) is 0 Å². The molecular formula is C14H26N2O2. The minimum absolute atomic E-state index is 0.257. The van der Waals surface area contributed by atoms with Crippen molar-refractivity contribution in [2.45, 2.75) is 38.5 Å². The third-order valence-corrected chi connectivity index (χ3v) is 4.54. The first-order valence-electron chi connectivity index (χ1n) is 7.21. The average Bonchev–Trinajstić information content (AvgIpc) is 2.89. The topological polar surface area (TPSA) is 55.6 Å². The van der Waals surface area contributed by atoms with Gasteiger partial charge in [-0.05, 0) is 31.6 Å². The predicted octanol–water partition coefficient (Wildman–Crippen LogP) is 1.39. The van der Waals surface area contributed by atoms with E-state index in [2.05, 4.69) is 0 Å². The van der Waals surface area contributed by atoms with E-state index in [1.54, 1.807) is 0 Å². The minimum Gasteiger partial charge on any atom is -0.381 e. The molecule has 0 bridgehead atoms. The lowest BCUT2D eigenvalue weighted by Crippen LogP contribution is -2.47. The molecule has 1 saturated carbocycles. The molecule has 2 N–H and O–H groups in total. The molecule has 2 fully saturated rings. The number of rotatable bonds is 4. The highest BCUT2D eigenvalue weighted by atomic mass is 16.5. The van der Waals surface area contributed by atoms with Crippen LogP contribution in [0.3, 0.4) is 0 Å². The Balaban J connectivity index is 1.90. The van der Waals surface area contributed by atoms with Crippen molar-refractivity contribution in [1.29, 1.82) is 0 Å². The minimum atomic E-state index is -0.260. The first-order valence-corrected chi connectivity index (χ1v) is 7.21. The van der Waals surface area contributed by atoms with E-state index in [4.69, 9.17) is 10.5 Å². The lowest BCUT2D eigenvalue weighted by Gasteiger charge is -2.34. The lowest BCUT2D eigenvalue weighted by molar-refractivity contribution is -0.141. The first-order chi connectivity index (χ1) is 8.68. The van der Waals surface area contributed by atoms with Gasteiger partial charge in [-0.2, -0.15) is 0 Å². The summed E-state index contributed by atoms with van der Waals surface area (Å²) in [5, 5.41) is 0. The first kappa shape index (κ1) is 13.8. The van der Waals surface area contributed by atoms with Gasteiger partial charge in [-0.25, -0.2) is 0 Å². The fraction of sp³-hybridized carbons (Fsp3) is 0.929. The van der Waals surface area contributed by atoms with Gasteiger partial charge in [0.25, 0.3) is 0 Å². The molecule has 1 amide bonds. The van der Waals surface area contributed by atoms with Crippen molar-refractivity contribution < 1.29 is 9.53 Å². The van der Waals surface area contributed by atoms with Crippen molar-refractivity contribution in [3.8, 4) is 0 Å². The zero-order chi connectivity index (χ0) is 13.0. The van der Waals surface area contributed by atoms with Crippen molar-refractivity contribution >= 4 is 5.91 Å². The summed E-state index contributed by atoms with van der Waals surface area (Å²) in [7, 11) is 1.92. The number of hydrogen-bond donors (Lipinski definition) is 1. The van der Waals surface area contributed by atoms with Crippen LogP contribution < -0.4 is 5.73 Å². The van der Waals surface area contributed by atoms with E-state index >= 15 is 0 Å². The molecule has 104 valence electrons. The highest BCUT2D eigenvalue weighted by Gasteiger charge is 2.41. The van der Waals surface area contributed by atoms with Gasteiger partial charge in [-0.3, -0.25) is 4.79 Å². The molecule has 2 aliphatic rings. The van der Waals surface area contributed by atoms with Crippen molar-refractivity contribution in [3.63, 3.8) is 0 Å². The maximum absolute atomic E-state index is 12.6. The number of hydrogen-bond acceptors (Lipinski definition) is 3. The van der Waals surface area contributed by atoms with Crippen LogP contribution in [-0.2, 0) is 9.53 Å². The second kappa shape index (κ2) is 6.02. The Hall–Kier alpha value is -0.610. The molecule has 0 aromatic carbocycles. The summed E-state index contributed by atoms with van der Waals surface area (Å²) in [6.45, 7) is 2.99. The lowest BCUT2D eigenvalue weighted by atomic mass is 9.84. The molecule has 4 heteroatoms. The number of nitrogens with zero attached hydrogens (tertiary/aromatic N) is 1. The molecule has 0 spiro atoms. The molecule has 18 heavy (non-hydrogen) atoms. The van der Waals surface area contributed by atoms with Crippen molar-refractivity contribution in [3.05, 3.63) is 0 Å². The Bertz CT molecular complexity index is 282. The highest BCUT2D eigenvalue weighted by Crippen LogP contribution is 2.38. The van der Waals surface area contributed by atoms with Gasteiger partial charge in [0, 0.05) is 26.7 Å². The van der Waals surface area contributed by atoms with Gasteiger partial charge in [0.1, 0.15) is 0 Å². The molecule has 1 aliphatic carbocycles. The molecule has 1 unspecified atom stereocenters. The Morgan fingerprint density at radius 1 is 1.39 bits per heavy atom. The van der Waals surface area contributed by atoms with E-state index in [1.165, 1.54) is 6.42 Å². The number of amides is 1. The maximum Gasteiger partial charge on any atom is 0.229 e. The van der Waals surface area contributed by atoms with E-state index in [-0.39, 0.29) is 11.3 Å². The summed E-state index contributed by atoms with van der Waals surface area (Å²) in [5.74, 6) is 0.761. The van der Waals surface area contributed by atoms with Crippen LogP contribution >= 0.6 is 0 Å². The normalized spacial score (nSPS) is 27.1. The van der Waals surface area contributed by atoms with Crippen LogP contribution in [0.5, 0.6) is 0 Å². The van der Waals surface area contributed by atoms with Gasteiger partial charge in [-0.15, -0.1) is 0 Å². The van der Waals surface area contributed by atoms with E-state index in [0.717, 1.165) is 51.9 Å². The molecule has 4 nitrogen and oxygen atoms in total. The Morgan fingerprint density at radius 2 is 2.11 bits per heavy atom. The van der Waals surface area contributed by atoms with Gasteiger partial charge in [0.15, 0.2) is 0 Å². The molecule has 1 heterocycles. The van der Waals surface area contributed by atoms with Gasteiger partial charge in [0.2, 0.25) is 5.91 Å². The van der Waals surface area contributed by atoms with Crippen LogP contribution in [0, 0.1) is 11.3 Å². The third kappa shape index (κ3) is 2.86. The van der Waals surface area contributed by atoms with Crippen LogP contribution in [0.2, 0.25) is 0 Å². The smallest absolute Gasteiger partial charge is 0.229 e. The molecule has 1 saturated heterocycles.